The first-order valence-corrected chi connectivity index (χ1v) is 7.69. The van der Waals surface area contributed by atoms with E-state index in [2.05, 4.69) is 35.1 Å². The van der Waals surface area contributed by atoms with Crippen LogP contribution in [0.25, 0.3) is 0 Å². The zero-order valence-corrected chi connectivity index (χ0v) is 13.5. The van der Waals surface area contributed by atoms with Crippen LogP contribution in [0.3, 0.4) is 0 Å². The van der Waals surface area contributed by atoms with Crippen LogP contribution in [0.1, 0.15) is 37.0 Å². The Morgan fingerprint density at radius 2 is 1.89 bits per heavy atom. The highest BCUT2D eigenvalue weighted by molar-refractivity contribution is 9.09. The second-order valence-corrected chi connectivity index (χ2v) is 5.58. The van der Waals surface area contributed by atoms with Gasteiger partial charge in [0.15, 0.2) is 0 Å². The van der Waals surface area contributed by atoms with Gasteiger partial charge in [0.1, 0.15) is 0 Å². The summed E-state index contributed by atoms with van der Waals surface area (Å²) in [6.07, 6.45) is 1.73. The molecule has 0 fully saturated rings. The first-order chi connectivity index (χ1) is 8.48. The molecule has 1 rings (SSSR count). The third-order valence-corrected chi connectivity index (χ3v) is 4.98. The topological polar surface area (TPSA) is 29.1 Å². The van der Waals surface area contributed by atoms with E-state index in [0.717, 1.165) is 18.2 Å². The third kappa shape index (κ3) is 3.62. The number of benzene rings is 1. The van der Waals surface area contributed by atoms with E-state index < -0.39 is 0 Å². The van der Waals surface area contributed by atoms with Gasteiger partial charge in [-0.3, -0.25) is 4.79 Å². The molecule has 0 unspecified atom stereocenters. The zero-order valence-electron chi connectivity index (χ0n) is 10.4. The second kappa shape index (κ2) is 6.78. The highest BCUT2D eigenvalue weighted by Gasteiger charge is 2.27. The Hall–Kier alpha value is -0.250. The van der Waals surface area contributed by atoms with E-state index >= 15 is 0 Å². The number of rotatable bonds is 5. The van der Waals surface area contributed by atoms with Crippen LogP contribution < -0.4 is 5.32 Å². The number of alkyl halides is 1. The maximum absolute atomic E-state index is 12.2. The molecule has 0 saturated carbocycles. The molecule has 0 aliphatic heterocycles. The van der Waals surface area contributed by atoms with E-state index in [4.69, 9.17) is 23.2 Å². The average molecular weight is 353 g/mol. The fourth-order valence-corrected chi connectivity index (χ4v) is 2.83. The summed E-state index contributed by atoms with van der Waals surface area (Å²) in [7, 11) is 0. The highest BCUT2D eigenvalue weighted by atomic mass is 79.9. The smallest absolute Gasteiger partial charge is 0.251 e. The molecule has 0 aliphatic rings. The Bertz CT molecular complexity index is 425. The van der Waals surface area contributed by atoms with Crippen molar-refractivity contribution in [2.45, 2.75) is 32.2 Å². The van der Waals surface area contributed by atoms with Crippen LogP contribution in [0.5, 0.6) is 0 Å². The van der Waals surface area contributed by atoms with E-state index in [1.54, 1.807) is 18.2 Å². The summed E-state index contributed by atoms with van der Waals surface area (Å²) in [6, 6.07) is 4.89. The fraction of sp³-hybridized carbons (Fsp3) is 0.462. The molecule has 18 heavy (non-hydrogen) atoms. The average Bonchev–Trinajstić information content (AvgIpc) is 2.39. The molecule has 0 atom stereocenters. The summed E-state index contributed by atoms with van der Waals surface area (Å²) < 4.78 is 0. The van der Waals surface area contributed by atoms with Crippen LogP contribution in [-0.4, -0.2) is 16.8 Å². The van der Waals surface area contributed by atoms with Crippen LogP contribution in [-0.2, 0) is 0 Å². The van der Waals surface area contributed by atoms with Crippen LogP contribution in [0, 0.1) is 0 Å². The van der Waals surface area contributed by atoms with Crippen molar-refractivity contribution in [3.63, 3.8) is 0 Å². The van der Waals surface area contributed by atoms with Gasteiger partial charge in [-0.2, -0.15) is 0 Å². The molecule has 1 aromatic carbocycles. The Morgan fingerprint density at radius 1 is 1.28 bits per heavy atom. The van der Waals surface area contributed by atoms with E-state index in [1.165, 1.54) is 0 Å². The number of carbonyl (C=O) groups excluding carboxylic acids is 1. The quantitative estimate of drug-likeness (QED) is 0.766. The predicted octanol–water partition coefficient (Wildman–Crippen LogP) is 4.68. The molecule has 0 heterocycles. The van der Waals surface area contributed by atoms with Crippen molar-refractivity contribution >= 4 is 45.0 Å². The largest absolute Gasteiger partial charge is 0.346 e. The molecule has 1 aromatic rings. The minimum Gasteiger partial charge on any atom is -0.346 e. The molecule has 100 valence electrons. The monoisotopic (exact) mass is 351 g/mol. The molecule has 5 heteroatoms. The van der Waals surface area contributed by atoms with Crippen molar-refractivity contribution in [3.05, 3.63) is 33.8 Å². The summed E-state index contributed by atoms with van der Waals surface area (Å²) in [5, 5.41) is 4.62. The Kier molecular flexibility index (Phi) is 5.96. The van der Waals surface area contributed by atoms with Crippen molar-refractivity contribution in [2.24, 2.45) is 0 Å². The minimum atomic E-state index is -0.219. The van der Waals surface area contributed by atoms with Gasteiger partial charge in [-0.15, -0.1) is 0 Å². The van der Waals surface area contributed by atoms with E-state index in [1.807, 2.05) is 0 Å². The lowest BCUT2D eigenvalue weighted by Crippen LogP contribution is -2.49. The minimum absolute atomic E-state index is 0.128. The summed E-state index contributed by atoms with van der Waals surface area (Å²) in [4.78, 5) is 12.2. The first kappa shape index (κ1) is 15.8. The Balaban J connectivity index is 2.90. The highest BCUT2D eigenvalue weighted by Crippen LogP contribution is 2.24. The number of nitrogens with one attached hydrogen (secondary N) is 1. The summed E-state index contributed by atoms with van der Waals surface area (Å²) >= 11 is 15.2. The van der Waals surface area contributed by atoms with E-state index in [0.29, 0.717) is 15.6 Å². The van der Waals surface area contributed by atoms with Crippen LogP contribution in [0.4, 0.5) is 0 Å². The Labute approximate surface area is 126 Å². The van der Waals surface area contributed by atoms with Gasteiger partial charge in [-0.05, 0) is 31.0 Å². The molecule has 0 aromatic heterocycles. The lowest BCUT2D eigenvalue weighted by Gasteiger charge is -2.31. The van der Waals surface area contributed by atoms with Crippen molar-refractivity contribution in [1.29, 1.82) is 0 Å². The number of hydrogen-bond donors (Lipinski definition) is 1. The lowest BCUT2D eigenvalue weighted by atomic mass is 9.95. The van der Waals surface area contributed by atoms with Gasteiger partial charge in [0, 0.05) is 16.4 Å². The van der Waals surface area contributed by atoms with Gasteiger partial charge in [-0.1, -0.05) is 53.0 Å². The summed E-state index contributed by atoms with van der Waals surface area (Å²) in [5.41, 5.74) is 0.306. The van der Waals surface area contributed by atoms with Gasteiger partial charge >= 0.3 is 0 Å². The summed E-state index contributed by atoms with van der Waals surface area (Å²) in [6.45, 7) is 4.11. The number of carbonyl (C=O) groups is 1. The normalized spacial score (nSPS) is 11.4. The van der Waals surface area contributed by atoms with Gasteiger partial charge in [-0.25, -0.2) is 0 Å². The molecule has 1 N–H and O–H groups in total. The molecule has 0 saturated heterocycles. The van der Waals surface area contributed by atoms with Crippen molar-refractivity contribution in [1.82, 2.24) is 5.32 Å². The van der Waals surface area contributed by atoms with Gasteiger partial charge in [0.25, 0.3) is 5.91 Å². The zero-order chi connectivity index (χ0) is 13.8. The van der Waals surface area contributed by atoms with Crippen molar-refractivity contribution < 1.29 is 4.79 Å². The third-order valence-electron chi connectivity index (χ3n) is 3.17. The SMILES string of the molecule is CCC(CC)(CBr)NC(=O)c1ccc(Cl)c(Cl)c1. The molecular formula is C13H16BrCl2NO. The van der Waals surface area contributed by atoms with Gasteiger partial charge in [0.05, 0.1) is 10.0 Å². The number of amides is 1. The second-order valence-electron chi connectivity index (χ2n) is 4.20. The number of hydrogen-bond acceptors (Lipinski definition) is 1. The lowest BCUT2D eigenvalue weighted by molar-refractivity contribution is 0.0903. The maximum Gasteiger partial charge on any atom is 0.251 e. The molecule has 2 nitrogen and oxygen atoms in total. The molecular weight excluding hydrogens is 337 g/mol. The standard InChI is InChI=1S/C13H16BrCl2NO/c1-3-13(4-2,8-14)17-12(18)9-5-6-10(15)11(16)7-9/h5-7H,3-4,8H2,1-2H3,(H,17,18). The van der Waals surface area contributed by atoms with Gasteiger partial charge in [0.2, 0.25) is 0 Å². The van der Waals surface area contributed by atoms with Crippen molar-refractivity contribution in [3.8, 4) is 0 Å². The van der Waals surface area contributed by atoms with E-state index in [-0.39, 0.29) is 11.4 Å². The molecule has 0 spiro atoms. The molecule has 0 aliphatic carbocycles. The van der Waals surface area contributed by atoms with Crippen LogP contribution >= 0.6 is 39.1 Å². The van der Waals surface area contributed by atoms with E-state index in [9.17, 15) is 4.79 Å². The predicted molar refractivity (Wildman–Crippen MR) is 81.0 cm³/mol. The maximum atomic E-state index is 12.2. The Morgan fingerprint density at radius 3 is 2.33 bits per heavy atom. The molecule has 1 amide bonds. The van der Waals surface area contributed by atoms with Crippen LogP contribution in [0.15, 0.2) is 18.2 Å². The first-order valence-electron chi connectivity index (χ1n) is 5.81. The fourth-order valence-electron chi connectivity index (χ4n) is 1.60. The summed E-state index contributed by atoms with van der Waals surface area (Å²) in [5.74, 6) is -0.128. The van der Waals surface area contributed by atoms with Crippen molar-refractivity contribution in [2.75, 3.05) is 5.33 Å². The molecule has 0 radical (unpaired) electrons. The number of halogens is 3. The molecule has 0 bridgehead atoms. The van der Waals surface area contributed by atoms with Gasteiger partial charge < -0.3 is 5.32 Å². The van der Waals surface area contributed by atoms with Crippen LogP contribution in [0.2, 0.25) is 10.0 Å².